The van der Waals surface area contributed by atoms with E-state index in [1.165, 1.54) is 0 Å². The average Bonchev–Trinajstić information content (AvgIpc) is 2.96. The van der Waals surface area contributed by atoms with Crippen LogP contribution in [0.1, 0.15) is 67.9 Å². The molecule has 36 heavy (non-hydrogen) atoms. The van der Waals surface area contributed by atoms with Crippen LogP contribution in [0.5, 0.6) is 0 Å². The molecule has 0 aromatic heterocycles. The van der Waals surface area contributed by atoms with Gasteiger partial charge in [0.05, 0.1) is 16.3 Å². The van der Waals surface area contributed by atoms with Gasteiger partial charge < -0.3 is 14.4 Å². The number of benzene rings is 2. The second-order valence-corrected chi connectivity index (χ2v) is 12.9. The Balaban J connectivity index is 1.55. The predicted molar refractivity (Wildman–Crippen MR) is 143 cm³/mol. The molecule has 1 aliphatic heterocycles. The monoisotopic (exact) mass is 529 g/mol. The van der Waals surface area contributed by atoms with Crippen molar-refractivity contribution in [1.82, 2.24) is 0 Å². The largest absolute Gasteiger partial charge is 0.456 e. The second kappa shape index (κ2) is 9.68. The van der Waals surface area contributed by atoms with Gasteiger partial charge in [-0.25, -0.2) is 9.18 Å². The van der Waals surface area contributed by atoms with E-state index in [9.17, 15) is 9.59 Å². The Kier molecular flexibility index (Phi) is 6.88. The number of esters is 1. The second-order valence-electron chi connectivity index (χ2n) is 11.5. The summed E-state index contributed by atoms with van der Waals surface area (Å²) in [6.45, 7) is 7.04. The van der Waals surface area contributed by atoms with Crippen molar-refractivity contribution in [2.75, 3.05) is 23.7 Å². The van der Waals surface area contributed by atoms with Gasteiger partial charge in [0.1, 0.15) is 17.7 Å². The quantitative estimate of drug-likeness (QED) is 0.320. The number of hydrogen-bond donors (Lipinski definition) is 0. The number of rotatable bonds is 4. The fourth-order valence-electron chi connectivity index (χ4n) is 5.90. The fraction of sp³-hybridized carbons (Fsp3) is 0.517. The zero-order valence-electron chi connectivity index (χ0n) is 21.1. The highest BCUT2D eigenvalue weighted by Gasteiger charge is 2.43. The summed E-state index contributed by atoms with van der Waals surface area (Å²) in [4.78, 5) is 28.0. The Morgan fingerprint density at radius 1 is 1.28 bits per heavy atom. The number of carbonyl (C=O) groups excluding carboxylic acids is 2. The van der Waals surface area contributed by atoms with Gasteiger partial charge in [-0.3, -0.25) is 0 Å². The number of thioether (sulfide) groups is 1. The lowest BCUT2D eigenvalue weighted by Crippen LogP contribution is -2.48. The zero-order chi connectivity index (χ0) is 25.7. The molecule has 0 amide bonds. The summed E-state index contributed by atoms with van der Waals surface area (Å²) in [7, 11) is 0. The van der Waals surface area contributed by atoms with Crippen LogP contribution in [0.3, 0.4) is 0 Å². The molecule has 3 atom stereocenters. The van der Waals surface area contributed by atoms with Crippen LogP contribution in [0, 0.1) is 17.7 Å². The molecule has 1 fully saturated rings. The molecular weight excluding hydrogens is 497 g/mol. The van der Waals surface area contributed by atoms with Crippen LogP contribution in [0.15, 0.2) is 35.2 Å². The van der Waals surface area contributed by atoms with Crippen LogP contribution in [-0.2, 0) is 21.4 Å². The van der Waals surface area contributed by atoms with E-state index in [-0.39, 0.29) is 34.1 Å². The summed E-state index contributed by atoms with van der Waals surface area (Å²) in [6.07, 6.45) is 5.58. The van der Waals surface area contributed by atoms with Gasteiger partial charge in [-0.15, -0.1) is 11.8 Å². The summed E-state index contributed by atoms with van der Waals surface area (Å²) in [5.74, 6) is 0.537. The first-order valence-corrected chi connectivity index (χ1v) is 14.1. The van der Waals surface area contributed by atoms with Crippen molar-refractivity contribution in [3.05, 3.63) is 57.9 Å². The lowest BCUT2D eigenvalue weighted by molar-refractivity contribution is -0.115. The van der Waals surface area contributed by atoms with E-state index >= 15 is 4.39 Å². The van der Waals surface area contributed by atoms with Crippen LogP contribution in [0.2, 0.25) is 5.02 Å². The van der Waals surface area contributed by atoms with Crippen molar-refractivity contribution < 1.29 is 18.7 Å². The third-order valence-electron chi connectivity index (χ3n) is 7.89. The van der Waals surface area contributed by atoms with Crippen LogP contribution >= 0.6 is 23.4 Å². The average molecular weight is 530 g/mol. The zero-order valence-corrected chi connectivity index (χ0v) is 22.7. The summed E-state index contributed by atoms with van der Waals surface area (Å²) < 4.78 is 20.7. The highest BCUT2D eigenvalue weighted by Crippen LogP contribution is 2.49. The van der Waals surface area contributed by atoms with Crippen molar-refractivity contribution >= 4 is 41.3 Å². The third-order valence-corrected chi connectivity index (χ3v) is 9.53. The standard InChI is InChI=1S/C29H33ClFNO3S/c1-28(2,3)35-27(34)18-8-11-25-24(13-18)32(14-19-6-7-20(19)15-33)16-29(17-36-25)12-4-5-21-22(29)9-10-23(30)26(21)31/h8-11,13,15,19-20H,4-7,12,14,16-17H2,1-3H3/t19-,20-,29-/m0/s1. The lowest BCUT2D eigenvalue weighted by Gasteiger charge is -2.44. The van der Waals surface area contributed by atoms with E-state index in [0.29, 0.717) is 18.5 Å². The van der Waals surface area contributed by atoms with E-state index in [2.05, 4.69) is 4.90 Å². The van der Waals surface area contributed by atoms with Gasteiger partial charge in [-0.1, -0.05) is 17.7 Å². The molecule has 192 valence electrons. The van der Waals surface area contributed by atoms with Crippen LogP contribution < -0.4 is 4.90 Å². The highest BCUT2D eigenvalue weighted by atomic mass is 35.5. The normalized spacial score (nSPS) is 25.4. The smallest absolute Gasteiger partial charge is 0.338 e. The first-order valence-electron chi connectivity index (χ1n) is 12.8. The fourth-order valence-corrected chi connectivity index (χ4v) is 7.40. The SMILES string of the molecule is CC(C)(C)OC(=O)c1ccc2c(c1)N(C[C@@H]1CC[C@H]1C=O)C[C@@]1(CCCc3c1ccc(Cl)c3F)CS2. The molecule has 1 saturated carbocycles. The number of hydrogen-bond acceptors (Lipinski definition) is 5. The maximum atomic E-state index is 15.1. The highest BCUT2D eigenvalue weighted by molar-refractivity contribution is 7.99. The molecule has 0 bridgehead atoms. The minimum atomic E-state index is -0.581. The Labute approximate surface area is 221 Å². The van der Waals surface area contributed by atoms with Crippen LogP contribution in [0.25, 0.3) is 0 Å². The molecule has 2 aromatic rings. The third kappa shape index (κ3) is 4.79. The molecule has 0 radical (unpaired) electrons. The molecule has 2 aliphatic carbocycles. The molecule has 7 heteroatoms. The number of aldehydes is 1. The molecule has 4 nitrogen and oxygen atoms in total. The van der Waals surface area contributed by atoms with Gasteiger partial charge in [-0.2, -0.15) is 0 Å². The van der Waals surface area contributed by atoms with Crippen molar-refractivity contribution in [1.29, 1.82) is 0 Å². The number of fused-ring (bicyclic) bond motifs is 3. The maximum absolute atomic E-state index is 15.1. The van der Waals surface area contributed by atoms with Crippen molar-refractivity contribution in [2.45, 2.75) is 68.8 Å². The number of ether oxygens (including phenoxy) is 1. The first kappa shape index (κ1) is 25.6. The lowest BCUT2D eigenvalue weighted by atomic mass is 9.70. The molecule has 2 aromatic carbocycles. The van der Waals surface area contributed by atoms with E-state index in [1.54, 1.807) is 17.8 Å². The molecular formula is C29H33ClFNO3S. The van der Waals surface area contributed by atoms with E-state index in [1.807, 2.05) is 45.0 Å². The Morgan fingerprint density at radius 3 is 2.78 bits per heavy atom. The molecule has 1 spiro atoms. The van der Waals surface area contributed by atoms with Crippen molar-refractivity contribution in [2.24, 2.45) is 11.8 Å². The minimum absolute atomic E-state index is 0.0734. The Morgan fingerprint density at radius 2 is 2.08 bits per heavy atom. The topological polar surface area (TPSA) is 46.6 Å². The van der Waals surface area contributed by atoms with E-state index in [4.69, 9.17) is 16.3 Å². The summed E-state index contributed by atoms with van der Waals surface area (Å²) in [5, 5.41) is 0.178. The predicted octanol–water partition coefficient (Wildman–Crippen LogP) is 6.85. The van der Waals surface area contributed by atoms with Gasteiger partial charge in [0.2, 0.25) is 0 Å². The summed E-state index contributed by atoms with van der Waals surface area (Å²) >= 11 is 7.93. The Bertz CT molecular complexity index is 1200. The van der Waals surface area contributed by atoms with Gasteiger partial charge in [-0.05, 0) is 94.2 Å². The van der Waals surface area contributed by atoms with Crippen LogP contribution in [0.4, 0.5) is 10.1 Å². The van der Waals surface area contributed by atoms with Crippen LogP contribution in [-0.4, -0.2) is 36.7 Å². The van der Waals surface area contributed by atoms with E-state index in [0.717, 1.165) is 66.0 Å². The van der Waals surface area contributed by atoms with Gasteiger partial charge in [0.15, 0.2) is 0 Å². The van der Waals surface area contributed by atoms with Gasteiger partial charge in [0, 0.05) is 35.1 Å². The molecule has 0 saturated heterocycles. The first-order chi connectivity index (χ1) is 17.1. The molecule has 0 unspecified atom stereocenters. The molecule has 1 heterocycles. The van der Waals surface area contributed by atoms with Crippen molar-refractivity contribution in [3.63, 3.8) is 0 Å². The molecule has 5 rings (SSSR count). The van der Waals surface area contributed by atoms with E-state index < -0.39 is 5.60 Å². The minimum Gasteiger partial charge on any atom is -0.456 e. The molecule has 3 aliphatic rings. The van der Waals surface area contributed by atoms with Crippen molar-refractivity contribution in [3.8, 4) is 0 Å². The van der Waals surface area contributed by atoms with Gasteiger partial charge >= 0.3 is 5.97 Å². The van der Waals surface area contributed by atoms with Gasteiger partial charge in [0.25, 0.3) is 0 Å². The number of carbonyl (C=O) groups is 2. The summed E-state index contributed by atoms with van der Waals surface area (Å²) in [5.41, 5.74) is 2.49. The summed E-state index contributed by atoms with van der Waals surface area (Å²) in [6, 6.07) is 9.48. The molecule has 0 N–H and O–H groups in total. The maximum Gasteiger partial charge on any atom is 0.338 e. The number of anilines is 1. The number of halogens is 2. The number of nitrogens with zero attached hydrogens (tertiary/aromatic N) is 1. The Hall–Kier alpha value is -2.05.